The number of hydrogen-bond acceptors (Lipinski definition) is 3. The van der Waals surface area contributed by atoms with Gasteiger partial charge in [-0.15, -0.1) is 0 Å². The average Bonchev–Trinajstić information content (AvgIpc) is 2.79. The fourth-order valence-corrected chi connectivity index (χ4v) is 2.41. The number of halogens is 1. The third kappa shape index (κ3) is 2.68. The number of benzene rings is 1. The number of ether oxygens (including phenoxy) is 1. The van der Waals surface area contributed by atoms with Crippen LogP contribution < -0.4 is 4.74 Å². The van der Waals surface area contributed by atoms with Gasteiger partial charge in [-0.1, -0.05) is 0 Å². The smallest absolute Gasteiger partial charge is 0.163 e. The first-order valence-electron chi connectivity index (χ1n) is 6.12. The van der Waals surface area contributed by atoms with Gasteiger partial charge in [0.15, 0.2) is 5.78 Å². The van der Waals surface area contributed by atoms with E-state index in [2.05, 4.69) is 20.9 Å². The van der Waals surface area contributed by atoms with Crippen molar-refractivity contribution < 1.29 is 9.53 Å². The van der Waals surface area contributed by atoms with Gasteiger partial charge in [0, 0.05) is 22.7 Å². The largest absolute Gasteiger partial charge is 0.487 e. The summed E-state index contributed by atoms with van der Waals surface area (Å²) in [4.78, 5) is 15.8. The van der Waals surface area contributed by atoms with Gasteiger partial charge < -0.3 is 4.74 Å². The SMILES string of the molecule is O=C1CCc2cc(OCc3ccc(Br)cn3)ccc21. The van der Waals surface area contributed by atoms with E-state index in [1.807, 2.05) is 30.3 Å². The van der Waals surface area contributed by atoms with Crippen molar-refractivity contribution in [1.82, 2.24) is 4.98 Å². The molecule has 1 aliphatic rings. The van der Waals surface area contributed by atoms with Crippen LogP contribution in [-0.4, -0.2) is 10.8 Å². The van der Waals surface area contributed by atoms with Crippen LogP contribution in [0.4, 0.5) is 0 Å². The topological polar surface area (TPSA) is 39.2 Å². The molecular weight excluding hydrogens is 306 g/mol. The zero-order valence-electron chi connectivity index (χ0n) is 10.2. The maximum Gasteiger partial charge on any atom is 0.163 e. The Hall–Kier alpha value is -1.68. The summed E-state index contributed by atoms with van der Waals surface area (Å²) in [6, 6.07) is 9.52. The summed E-state index contributed by atoms with van der Waals surface area (Å²) in [7, 11) is 0. The van der Waals surface area contributed by atoms with Crippen LogP contribution >= 0.6 is 15.9 Å². The van der Waals surface area contributed by atoms with Gasteiger partial charge in [0.2, 0.25) is 0 Å². The molecule has 0 unspecified atom stereocenters. The minimum Gasteiger partial charge on any atom is -0.487 e. The van der Waals surface area contributed by atoms with Gasteiger partial charge in [0.25, 0.3) is 0 Å². The fourth-order valence-electron chi connectivity index (χ4n) is 2.17. The number of nitrogens with zero attached hydrogens (tertiary/aromatic N) is 1. The van der Waals surface area contributed by atoms with Crippen LogP contribution in [0.1, 0.15) is 28.0 Å². The van der Waals surface area contributed by atoms with Crippen molar-refractivity contribution in [2.75, 3.05) is 0 Å². The van der Waals surface area contributed by atoms with Crippen LogP contribution in [0.2, 0.25) is 0 Å². The molecule has 0 N–H and O–H groups in total. The summed E-state index contributed by atoms with van der Waals surface area (Å²) in [5, 5.41) is 0. The number of aryl methyl sites for hydroxylation is 1. The van der Waals surface area contributed by atoms with Crippen molar-refractivity contribution in [2.24, 2.45) is 0 Å². The Morgan fingerprint density at radius 2 is 2.11 bits per heavy atom. The summed E-state index contributed by atoms with van der Waals surface area (Å²) in [6.07, 6.45) is 3.19. The molecule has 4 heteroatoms. The van der Waals surface area contributed by atoms with Crippen LogP contribution in [0, 0.1) is 0 Å². The molecular formula is C15H12BrNO2. The predicted octanol–water partition coefficient (Wildman–Crippen LogP) is 3.55. The van der Waals surface area contributed by atoms with E-state index >= 15 is 0 Å². The van der Waals surface area contributed by atoms with Gasteiger partial charge in [-0.25, -0.2) is 0 Å². The van der Waals surface area contributed by atoms with E-state index in [9.17, 15) is 4.79 Å². The highest BCUT2D eigenvalue weighted by Crippen LogP contribution is 2.26. The van der Waals surface area contributed by atoms with Gasteiger partial charge in [-0.05, 0) is 58.2 Å². The van der Waals surface area contributed by atoms with E-state index in [0.29, 0.717) is 13.0 Å². The predicted molar refractivity (Wildman–Crippen MR) is 75.4 cm³/mol. The first-order valence-corrected chi connectivity index (χ1v) is 6.91. The molecule has 0 saturated heterocycles. The number of fused-ring (bicyclic) bond motifs is 1. The Morgan fingerprint density at radius 3 is 2.89 bits per heavy atom. The second-order valence-corrected chi connectivity index (χ2v) is 5.41. The van der Waals surface area contributed by atoms with Crippen LogP contribution in [0.5, 0.6) is 5.75 Å². The first kappa shape index (κ1) is 12.4. The summed E-state index contributed by atoms with van der Waals surface area (Å²) in [6.45, 7) is 0.431. The minimum absolute atomic E-state index is 0.233. The van der Waals surface area contributed by atoms with Gasteiger partial charge in [-0.2, -0.15) is 0 Å². The van der Waals surface area contributed by atoms with Gasteiger partial charge >= 0.3 is 0 Å². The molecule has 96 valence electrons. The lowest BCUT2D eigenvalue weighted by Gasteiger charge is -2.07. The van der Waals surface area contributed by atoms with E-state index in [4.69, 9.17) is 4.74 Å². The summed E-state index contributed by atoms with van der Waals surface area (Å²) in [5.74, 6) is 1.02. The van der Waals surface area contributed by atoms with E-state index in [-0.39, 0.29) is 5.78 Å². The number of aromatic nitrogens is 1. The highest BCUT2D eigenvalue weighted by molar-refractivity contribution is 9.10. The molecule has 1 heterocycles. The Kier molecular flexibility index (Phi) is 3.34. The molecule has 1 aliphatic carbocycles. The molecule has 0 radical (unpaired) electrons. The molecule has 0 aliphatic heterocycles. The summed E-state index contributed by atoms with van der Waals surface area (Å²) in [5.41, 5.74) is 2.81. The molecule has 0 saturated carbocycles. The van der Waals surface area contributed by atoms with Crippen molar-refractivity contribution in [3.63, 3.8) is 0 Å². The molecule has 0 atom stereocenters. The number of rotatable bonds is 3. The van der Waals surface area contributed by atoms with Crippen LogP contribution in [-0.2, 0) is 13.0 Å². The molecule has 19 heavy (non-hydrogen) atoms. The lowest BCUT2D eigenvalue weighted by Crippen LogP contribution is -1.98. The quantitative estimate of drug-likeness (QED) is 0.869. The van der Waals surface area contributed by atoms with Gasteiger partial charge in [0.1, 0.15) is 12.4 Å². The lowest BCUT2D eigenvalue weighted by molar-refractivity contribution is 0.0994. The average molecular weight is 318 g/mol. The number of carbonyl (C=O) groups excluding carboxylic acids is 1. The Bertz CT molecular complexity index is 623. The van der Waals surface area contributed by atoms with Gasteiger partial charge in [0.05, 0.1) is 5.69 Å². The third-order valence-electron chi connectivity index (χ3n) is 3.17. The number of hydrogen-bond donors (Lipinski definition) is 0. The molecule has 1 aromatic heterocycles. The van der Waals surface area contributed by atoms with Crippen molar-refractivity contribution >= 4 is 21.7 Å². The standard InChI is InChI=1S/C15H12BrNO2/c16-11-2-3-12(17-8-11)9-19-13-4-5-14-10(7-13)1-6-15(14)18/h2-5,7-8H,1,6,9H2. The molecule has 0 spiro atoms. The number of pyridine rings is 1. The Labute approximate surface area is 119 Å². The summed E-state index contributed by atoms with van der Waals surface area (Å²) < 4.78 is 6.65. The number of Topliss-reactive ketones (excluding diaryl/α,β-unsaturated/α-hetero) is 1. The van der Waals surface area contributed by atoms with E-state index in [1.54, 1.807) is 6.20 Å². The molecule has 0 fully saturated rings. The lowest BCUT2D eigenvalue weighted by atomic mass is 10.1. The minimum atomic E-state index is 0.233. The highest BCUT2D eigenvalue weighted by atomic mass is 79.9. The van der Waals surface area contributed by atoms with E-state index in [0.717, 1.165) is 33.5 Å². The summed E-state index contributed by atoms with van der Waals surface area (Å²) >= 11 is 3.35. The highest BCUT2D eigenvalue weighted by Gasteiger charge is 2.19. The van der Waals surface area contributed by atoms with Crippen LogP contribution in [0.15, 0.2) is 41.0 Å². The van der Waals surface area contributed by atoms with Gasteiger partial charge in [-0.3, -0.25) is 9.78 Å². The second kappa shape index (κ2) is 5.13. The van der Waals surface area contributed by atoms with E-state index in [1.165, 1.54) is 0 Å². The third-order valence-corrected chi connectivity index (χ3v) is 3.64. The molecule has 3 nitrogen and oxygen atoms in total. The maximum atomic E-state index is 11.5. The van der Waals surface area contributed by atoms with Crippen molar-refractivity contribution in [2.45, 2.75) is 19.4 Å². The molecule has 1 aromatic carbocycles. The van der Waals surface area contributed by atoms with Crippen molar-refractivity contribution in [3.05, 3.63) is 57.8 Å². The Balaban J connectivity index is 1.71. The normalized spacial score (nSPS) is 13.4. The Morgan fingerprint density at radius 1 is 1.21 bits per heavy atom. The van der Waals surface area contributed by atoms with Crippen molar-refractivity contribution in [3.8, 4) is 5.75 Å². The number of ketones is 1. The van der Waals surface area contributed by atoms with E-state index < -0.39 is 0 Å². The molecule has 2 aromatic rings. The second-order valence-electron chi connectivity index (χ2n) is 4.50. The molecule has 3 rings (SSSR count). The van der Waals surface area contributed by atoms with Crippen molar-refractivity contribution in [1.29, 1.82) is 0 Å². The monoisotopic (exact) mass is 317 g/mol. The van der Waals surface area contributed by atoms with Crippen LogP contribution in [0.25, 0.3) is 0 Å². The molecule has 0 amide bonds. The number of carbonyl (C=O) groups is 1. The van der Waals surface area contributed by atoms with Crippen LogP contribution in [0.3, 0.4) is 0 Å². The maximum absolute atomic E-state index is 11.5. The fraction of sp³-hybridized carbons (Fsp3) is 0.200. The molecule has 0 bridgehead atoms. The first-order chi connectivity index (χ1) is 9.22. The zero-order valence-corrected chi connectivity index (χ0v) is 11.8. The zero-order chi connectivity index (χ0) is 13.2.